The smallest absolute Gasteiger partial charge is 0.325 e. The molecule has 0 amide bonds. The Balaban J connectivity index is 2.16. The number of rotatable bonds is 6. The van der Waals surface area contributed by atoms with Gasteiger partial charge in [0.25, 0.3) is 0 Å². The number of nitrogens with one attached hydrogen (secondary N) is 2. The molecule has 2 aromatic heterocycles. The molecule has 0 unspecified atom stereocenters. The Hall–Kier alpha value is -2.75. The van der Waals surface area contributed by atoms with Gasteiger partial charge in [-0.05, 0) is 6.92 Å². The molecule has 0 aliphatic rings. The average Bonchev–Trinajstić information content (AvgIpc) is 2.99. The van der Waals surface area contributed by atoms with Crippen LogP contribution in [-0.4, -0.2) is 43.6 Å². The molecule has 4 N–H and O–H groups in total. The van der Waals surface area contributed by atoms with Gasteiger partial charge in [0.2, 0.25) is 17.8 Å². The van der Waals surface area contributed by atoms with Gasteiger partial charge in [0.15, 0.2) is 0 Å². The van der Waals surface area contributed by atoms with Crippen LogP contribution in [0.1, 0.15) is 6.92 Å². The minimum atomic E-state index is -0.403. The number of carbonyl (C=O) groups excluding carboxylic acids is 1. The van der Waals surface area contributed by atoms with Gasteiger partial charge in [-0.1, -0.05) is 0 Å². The van der Waals surface area contributed by atoms with E-state index in [2.05, 4.69) is 30.7 Å². The second kappa shape index (κ2) is 6.43. The summed E-state index contributed by atoms with van der Waals surface area (Å²) in [4.78, 5) is 27.4. The topological polar surface area (TPSA) is 133 Å². The number of nitrogens with zero attached hydrogens (tertiary/aromatic N) is 5. The summed E-state index contributed by atoms with van der Waals surface area (Å²) >= 11 is 0. The molecule has 0 spiro atoms. The van der Waals surface area contributed by atoms with Crippen molar-refractivity contribution < 1.29 is 9.53 Å². The number of anilines is 2. The van der Waals surface area contributed by atoms with Gasteiger partial charge in [-0.3, -0.25) is 14.8 Å². The van der Waals surface area contributed by atoms with Crippen molar-refractivity contribution in [1.29, 1.82) is 0 Å². The highest BCUT2D eigenvalue weighted by Crippen LogP contribution is 2.08. The van der Waals surface area contributed by atoms with Crippen molar-refractivity contribution in [2.45, 2.75) is 6.92 Å². The number of hydrogen-bond donors (Lipinski definition) is 3. The summed E-state index contributed by atoms with van der Waals surface area (Å²) in [6, 6.07) is 0. The number of imidazole rings is 1. The van der Waals surface area contributed by atoms with Crippen molar-refractivity contribution in [1.82, 2.24) is 24.5 Å². The molecule has 20 heavy (non-hydrogen) atoms. The Labute approximate surface area is 114 Å². The van der Waals surface area contributed by atoms with Crippen LogP contribution in [-0.2, 0) is 9.53 Å². The van der Waals surface area contributed by atoms with Gasteiger partial charge in [-0.15, -0.1) is 0 Å². The van der Waals surface area contributed by atoms with Crippen LogP contribution in [0, 0.1) is 0 Å². The minimum absolute atomic E-state index is 0.0504. The van der Waals surface area contributed by atoms with Crippen molar-refractivity contribution in [3.05, 3.63) is 18.7 Å². The minimum Gasteiger partial charge on any atom is -0.465 e. The van der Waals surface area contributed by atoms with Crippen molar-refractivity contribution in [2.75, 3.05) is 23.9 Å². The van der Waals surface area contributed by atoms with Crippen LogP contribution in [0.2, 0.25) is 0 Å². The highest BCUT2D eigenvalue weighted by atomic mass is 16.5. The lowest BCUT2D eigenvalue weighted by atomic mass is 10.6. The van der Waals surface area contributed by atoms with Crippen LogP contribution in [0.15, 0.2) is 18.7 Å². The number of nitrogen functional groups attached to an aromatic ring is 1. The molecular formula is C10H14N8O2. The molecule has 106 valence electrons. The molecule has 0 aliphatic heterocycles. The molecule has 2 aromatic rings. The number of ether oxygens (including phenoxy) is 1. The Morgan fingerprint density at radius 3 is 2.85 bits per heavy atom. The van der Waals surface area contributed by atoms with E-state index >= 15 is 0 Å². The van der Waals surface area contributed by atoms with Crippen LogP contribution in [0.4, 0.5) is 11.9 Å². The van der Waals surface area contributed by atoms with Crippen molar-refractivity contribution >= 4 is 17.9 Å². The Morgan fingerprint density at radius 1 is 1.40 bits per heavy atom. The maximum absolute atomic E-state index is 11.3. The average molecular weight is 278 g/mol. The molecule has 0 saturated heterocycles. The van der Waals surface area contributed by atoms with Gasteiger partial charge in [-0.25, -0.2) is 10.8 Å². The highest BCUT2D eigenvalue weighted by Gasteiger charge is 2.09. The van der Waals surface area contributed by atoms with Crippen LogP contribution in [0.3, 0.4) is 0 Å². The number of esters is 1. The first-order valence-electron chi connectivity index (χ1n) is 5.83. The van der Waals surface area contributed by atoms with Crippen LogP contribution >= 0.6 is 0 Å². The lowest BCUT2D eigenvalue weighted by molar-refractivity contribution is -0.140. The Morgan fingerprint density at radius 2 is 2.20 bits per heavy atom. The van der Waals surface area contributed by atoms with E-state index in [1.807, 2.05) is 0 Å². The van der Waals surface area contributed by atoms with Crippen molar-refractivity contribution in [3.8, 4) is 5.95 Å². The van der Waals surface area contributed by atoms with Gasteiger partial charge in [0.1, 0.15) is 12.9 Å². The largest absolute Gasteiger partial charge is 0.465 e. The summed E-state index contributed by atoms with van der Waals surface area (Å²) < 4.78 is 6.38. The number of hydrazine groups is 1. The normalized spacial score (nSPS) is 10.1. The third kappa shape index (κ3) is 3.38. The van der Waals surface area contributed by atoms with E-state index < -0.39 is 5.97 Å². The number of carbonyl (C=O) groups is 1. The van der Waals surface area contributed by atoms with Crippen LogP contribution in [0.25, 0.3) is 5.95 Å². The monoisotopic (exact) mass is 278 g/mol. The third-order valence-electron chi connectivity index (χ3n) is 2.18. The van der Waals surface area contributed by atoms with Crippen LogP contribution in [0.5, 0.6) is 0 Å². The number of aromatic nitrogens is 5. The maximum Gasteiger partial charge on any atom is 0.325 e. The zero-order valence-corrected chi connectivity index (χ0v) is 10.8. The van der Waals surface area contributed by atoms with E-state index in [0.29, 0.717) is 12.6 Å². The fraction of sp³-hybridized carbons (Fsp3) is 0.300. The SMILES string of the molecule is CCOC(=O)CNc1nc(NN)nc(-n2ccnc2)n1. The molecule has 0 saturated carbocycles. The molecule has 2 rings (SSSR count). The predicted octanol–water partition coefficient (Wildman–Crippen LogP) is -0.682. The summed E-state index contributed by atoms with van der Waals surface area (Å²) in [5.41, 5.74) is 2.33. The van der Waals surface area contributed by atoms with Gasteiger partial charge in [0.05, 0.1) is 6.61 Å². The van der Waals surface area contributed by atoms with Gasteiger partial charge in [0, 0.05) is 12.4 Å². The molecule has 2 heterocycles. The molecular weight excluding hydrogens is 264 g/mol. The van der Waals surface area contributed by atoms with Crippen molar-refractivity contribution in [3.63, 3.8) is 0 Å². The first-order chi connectivity index (χ1) is 9.72. The third-order valence-corrected chi connectivity index (χ3v) is 2.18. The second-order valence-corrected chi connectivity index (χ2v) is 3.56. The lowest BCUT2D eigenvalue weighted by Gasteiger charge is -2.08. The highest BCUT2D eigenvalue weighted by molar-refractivity contribution is 5.74. The Bertz CT molecular complexity index is 571. The fourth-order valence-corrected chi connectivity index (χ4v) is 1.36. The number of nitrogens with two attached hydrogens (primary N) is 1. The van der Waals surface area contributed by atoms with Gasteiger partial charge in [-0.2, -0.15) is 15.0 Å². The summed E-state index contributed by atoms with van der Waals surface area (Å²) in [6.45, 7) is 1.99. The first kappa shape index (κ1) is 13.7. The molecule has 0 bridgehead atoms. The van der Waals surface area contributed by atoms with Gasteiger partial charge >= 0.3 is 5.97 Å². The lowest BCUT2D eigenvalue weighted by Crippen LogP contribution is -2.20. The number of hydrogen-bond acceptors (Lipinski definition) is 9. The molecule has 10 nitrogen and oxygen atoms in total. The molecule has 0 aromatic carbocycles. The fourth-order valence-electron chi connectivity index (χ4n) is 1.36. The standard InChI is InChI=1S/C10H14N8O2/c1-2-20-7(19)5-13-8-14-9(17-11)16-10(15-8)18-4-3-12-6-18/h3-4,6H,2,5,11H2,1H3,(H2,13,14,15,16,17). The summed E-state index contributed by atoms with van der Waals surface area (Å²) in [5.74, 6) is 5.57. The van der Waals surface area contributed by atoms with Gasteiger partial charge < -0.3 is 10.1 Å². The van der Waals surface area contributed by atoms with E-state index in [1.54, 1.807) is 23.9 Å². The molecule has 0 fully saturated rings. The second-order valence-electron chi connectivity index (χ2n) is 3.56. The summed E-state index contributed by atoms with van der Waals surface area (Å²) in [6.07, 6.45) is 4.79. The van der Waals surface area contributed by atoms with E-state index in [0.717, 1.165) is 0 Å². The van der Waals surface area contributed by atoms with E-state index in [1.165, 1.54) is 6.33 Å². The first-order valence-corrected chi connectivity index (χ1v) is 5.83. The summed E-state index contributed by atoms with van der Waals surface area (Å²) in [5, 5.41) is 2.74. The predicted molar refractivity (Wildman–Crippen MR) is 69.9 cm³/mol. The molecule has 0 atom stereocenters. The van der Waals surface area contributed by atoms with Crippen molar-refractivity contribution in [2.24, 2.45) is 5.84 Å². The molecule has 10 heteroatoms. The zero-order chi connectivity index (χ0) is 14.4. The van der Waals surface area contributed by atoms with Crippen LogP contribution < -0.4 is 16.6 Å². The molecule has 0 radical (unpaired) electrons. The van der Waals surface area contributed by atoms with E-state index in [9.17, 15) is 4.79 Å². The quantitative estimate of drug-likeness (QED) is 0.357. The zero-order valence-electron chi connectivity index (χ0n) is 10.8. The van der Waals surface area contributed by atoms with E-state index in [4.69, 9.17) is 10.6 Å². The Kier molecular flexibility index (Phi) is 4.39. The summed E-state index contributed by atoms with van der Waals surface area (Å²) in [7, 11) is 0. The van der Waals surface area contributed by atoms with E-state index in [-0.39, 0.29) is 18.4 Å². The maximum atomic E-state index is 11.3. The molecule has 0 aliphatic carbocycles.